The number of piperazine rings is 1. The van der Waals surface area contributed by atoms with Crippen molar-refractivity contribution in [3.05, 3.63) is 71.8 Å². The van der Waals surface area contributed by atoms with Crippen molar-refractivity contribution in [2.24, 2.45) is 0 Å². The predicted octanol–water partition coefficient (Wildman–Crippen LogP) is 1.68. The fraction of sp³-hybridized carbons (Fsp3) is 0.318. The third-order valence-corrected chi connectivity index (χ3v) is 7.27. The molecule has 1 amide bonds. The SMILES string of the molecule is CS(=O)(=O)N1CC(c2ncn[nH]2)c2cc(C(=O)N3CCN(c4ccccc4)CC3)ccc21. The number of nitrogens with zero attached hydrogens (tertiary/aromatic N) is 5. The average molecular weight is 453 g/mol. The van der Waals surface area contributed by atoms with E-state index in [1.807, 2.05) is 23.1 Å². The van der Waals surface area contributed by atoms with Crippen molar-refractivity contribution in [2.75, 3.05) is 48.2 Å². The average Bonchev–Trinajstić information content (AvgIpc) is 3.46. The Morgan fingerprint density at radius 3 is 2.47 bits per heavy atom. The van der Waals surface area contributed by atoms with Gasteiger partial charge in [-0.2, -0.15) is 5.10 Å². The molecule has 0 aliphatic carbocycles. The van der Waals surface area contributed by atoms with E-state index in [2.05, 4.69) is 32.2 Å². The molecular formula is C22H24N6O3S. The number of anilines is 2. The molecule has 3 aromatic rings. The second kappa shape index (κ2) is 7.94. The van der Waals surface area contributed by atoms with Gasteiger partial charge in [0.05, 0.1) is 17.9 Å². The molecule has 0 bridgehead atoms. The summed E-state index contributed by atoms with van der Waals surface area (Å²) in [5, 5.41) is 6.75. The van der Waals surface area contributed by atoms with E-state index >= 15 is 0 Å². The van der Waals surface area contributed by atoms with Crippen LogP contribution in [0.15, 0.2) is 54.9 Å². The number of sulfonamides is 1. The number of nitrogens with one attached hydrogen (secondary N) is 1. The van der Waals surface area contributed by atoms with Crippen molar-refractivity contribution in [1.29, 1.82) is 0 Å². The molecule has 10 heteroatoms. The summed E-state index contributed by atoms with van der Waals surface area (Å²) >= 11 is 0. The smallest absolute Gasteiger partial charge is 0.253 e. The number of aromatic amines is 1. The monoisotopic (exact) mass is 452 g/mol. The second-order valence-corrected chi connectivity index (χ2v) is 10.0. The molecule has 1 unspecified atom stereocenters. The van der Waals surface area contributed by atoms with E-state index in [4.69, 9.17) is 0 Å². The van der Waals surface area contributed by atoms with Gasteiger partial charge < -0.3 is 9.80 Å². The molecule has 2 aliphatic rings. The van der Waals surface area contributed by atoms with E-state index in [0.717, 1.165) is 24.3 Å². The van der Waals surface area contributed by atoms with Crippen LogP contribution in [0.3, 0.4) is 0 Å². The molecule has 0 radical (unpaired) electrons. The molecule has 166 valence electrons. The molecule has 1 fully saturated rings. The summed E-state index contributed by atoms with van der Waals surface area (Å²) in [5.41, 5.74) is 3.06. The van der Waals surface area contributed by atoms with E-state index in [9.17, 15) is 13.2 Å². The van der Waals surface area contributed by atoms with Crippen LogP contribution in [0.5, 0.6) is 0 Å². The Bertz CT molecular complexity index is 1220. The third-order valence-electron chi connectivity index (χ3n) is 6.12. The first-order chi connectivity index (χ1) is 15.4. The highest BCUT2D eigenvalue weighted by molar-refractivity contribution is 7.92. The molecule has 2 aromatic carbocycles. The Kier molecular flexibility index (Phi) is 5.09. The van der Waals surface area contributed by atoms with Crippen LogP contribution in [0.25, 0.3) is 0 Å². The normalized spacial score (nSPS) is 18.7. The van der Waals surface area contributed by atoms with Crippen LogP contribution in [-0.4, -0.2) is 73.4 Å². The van der Waals surface area contributed by atoms with Crippen LogP contribution in [0.4, 0.5) is 11.4 Å². The minimum absolute atomic E-state index is 0.0466. The van der Waals surface area contributed by atoms with Gasteiger partial charge in [0.15, 0.2) is 0 Å². The molecule has 5 rings (SSSR count). The Balaban J connectivity index is 1.38. The van der Waals surface area contributed by atoms with Crippen molar-refractivity contribution in [1.82, 2.24) is 20.1 Å². The highest BCUT2D eigenvalue weighted by Crippen LogP contribution is 2.40. The van der Waals surface area contributed by atoms with E-state index in [1.54, 1.807) is 18.2 Å². The number of H-pyrrole nitrogens is 1. The molecule has 1 atom stereocenters. The van der Waals surface area contributed by atoms with Gasteiger partial charge in [0.2, 0.25) is 10.0 Å². The van der Waals surface area contributed by atoms with Gasteiger partial charge in [-0.3, -0.25) is 14.2 Å². The fourth-order valence-electron chi connectivity index (χ4n) is 4.48. The lowest BCUT2D eigenvalue weighted by atomic mass is 9.98. The molecule has 3 heterocycles. The molecule has 2 aliphatic heterocycles. The van der Waals surface area contributed by atoms with Crippen molar-refractivity contribution in [3.8, 4) is 0 Å². The van der Waals surface area contributed by atoms with E-state index < -0.39 is 10.0 Å². The van der Waals surface area contributed by atoms with Crippen molar-refractivity contribution >= 4 is 27.3 Å². The minimum atomic E-state index is -3.46. The number of carbonyl (C=O) groups excluding carboxylic acids is 1. The minimum Gasteiger partial charge on any atom is -0.368 e. The number of fused-ring (bicyclic) bond motifs is 1. The van der Waals surface area contributed by atoms with Gasteiger partial charge in [0.25, 0.3) is 5.91 Å². The van der Waals surface area contributed by atoms with Crippen LogP contribution in [0, 0.1) is 0 Å². The van der Waals surface area contributed by atoms with Gasteiger partial charge in [-0.1, -0.05) is 18.2 Å². The Morgan fingerprint density at radius 1 is 1.06 bits per heavy atom. The highest BCUT2D eigenvalue weighted by Gasteiger charge is 2.37. The zero-order valence-electron chi connectivity index (χ0n) is 17.7. The second-order valence-electron chi connectivity index (χ2n) is 8.11. The maximum Gasteiger partial charge on any atom is 0.253 e. The zero-order valence-corrected chi connectivity index (χ0v) is 18.5. The lowest BCUT2D eigenvalue weighted by molar-refractivity contribution is 0.0746. The first-order valence-corrected chi connectivity index (χ1v) is 12.3. The van der Waals surface area contributed by atoms with Crippen LogP contribution in [0.1, 0.15) is 27.7 Å². The lowest BCUT2D eigenvalue weighted by Gasteiger charge is -2.36. The summed E-state index contributed by atoms with van der Waals surface area (Å²) in [6.45, 7) is 3.03. The van der Waals surface area contributed by atoms with Crippen LogP contribution >= 0.6 is 0 Å². The summed E-state index contributed by atoms with van der Waals surface area (Å²) in [4.78, 5) is 21.6. The highest BCUT2D eigenvalue weighted by atomic mass is 32.2. The van der Waals surface area contributed by atoms with Gasteiger partial charge in [-0.15, -0.1) is 0 Å². The number of rotatable bonds is 4. The van der Waals surface area contributed by atoms with Gasteiger partial charge >= 0.3 is 0 Å². The summed E-state index contributed by atoms with van der Waals surface area (Å²) in [6, 6.07) is 15.4. The molecule has 1 N–H and O–H groups in total. The zero-order chi connectivity index (χ0) is 22.3. The topological polar surface area (TPSA) is 102 Å². The van der Waals surface area contributed by atoms with E-state index in [1.165, 1.54) is 16.9 Å². The quantitative estimate of drug-likeness (QED) is 0.646. The predicted molar refractivity (Wildman–Crippen MR) is 121 cm³/mol. The Labute approximate surface area is 186 Å². The third kappa shape index (κ3) is 3.70. The summed E-state index contributed by atoms with van der Waals surface area (Å²) in [5.74, 6) is 0.234. The summed E-state index contributed by atoms with van der Waals surface area (Å²) in [6.07, 6.45) is 2.59. The molecule has 9 nitrogen and oxygen atoms in total. The van der Waals surface area contributed by atoms with Crippen LogP contribution in [0.2, 0.25) is 0 Å². The van der Waals surface area contributed by atoms with Gasteiger partial charge in [-0.05, 0) is 35.9 Å². The first kappa shape index (κ1) is 20.5. The molecule has 0 spiro atoms. The standard InChI is InChI=1S/C22H24N6O3S/c1-32(30,31)28-14-19(21-23-15-24-25-21)18-13-16(7-8-20(18)28)22(29)27-11-9-26(10-12-27)17-5-3-2-4-6-17/h2-8,13,15,19H,9-12,14H2,1H3,(H,23,24,25). The van der Waals surface area contributed by atoms with Crippen molar-refractivity contribution in [3.63, 3.8) is 0 Å². The molecule has 0 saturated carbocycles. The van der Waals surface area contributed by atoms with E-state index in [-0.39, 0.29) is 18.4 Å². The van der Waals surface area contributed by atoms with Gasteiger partial charge in [0.1, 0.15) is 12.2 Å². The van der Waals surface area contributed by atoms with E-state index in [0.29, 0.717) is 30.2 Å². The van der Waals surface area contributed by atoms with Gasteiger partial charge in [0, 0.05) is 44.0 Å². The van der Waals surface area contributed by atoms with Crippen LogP contribution in [-0.2, 0) is 10.0 Å². The molecule has 32 heavy (non-hydrogen) atoms. The molecule has 1 saturated heterocycles. The van der Waals surface area contributed by atoms with Crippen molar-refractivity contribution in [2.45, 2.75) is 5.92 Å². The Morgan fingerprint density at radius 2 is 1.81 bits per heavy atom. The van der Waals surface area contributed by atoms with Crippen LogP contribution < -0.4 is 9.21 Å². The largest absolute Gasteiger partial charge is 0.368 e. The number of amides is 1. The molecule has 1 aromatic heterocycles. The molecular weight excluding hydrogens is 428 g/mol. The number of aromatic nitrogens is 3. The maximum atomic E-state index is 13.3. The number of hydrogen-bond acceptors (Lipinski definition) is 6. The Hall–Kier alpha value is -3.40. The lowest BCUT2D eigenvalue weighted by Crippen LogP contribution is -2.48. The van der Waals surface area contributed by atoms with Crippen molar-refractivity contribution < 1.29 is 13.2 Å². The summed E-state index contributed by atoms with van der Waals surface area (Å²) < 4.78 is 26.0. The first-order valence-electron chi connectivity index (χ1n) is 10.5. The number of para-hydroxylation sites is 1. The number of carbonyl (C=O) groups is 1. The maximum absolute atomic E-state index is 13.3. The fourth-order valence-corrected chi connectivity index (χ4v) is 5.42. The summed E-state index contributed by atoms with van der Waals surface area (Å²) in [7, 11) is -3.46. The van der Waals surface area contributed by atoms with Gasteiger partial charge in [-0.25, -0.2) is 13.4 Å². The number of benzene rings is 2. The number of hydrogen-bond donors (Lipinski definition) is 1.